The number of nitrogens with zero attached hydrogens (tertiary/aromatic N) is 2. The first kappa shape index (κ1) is 15.1. The third-order valence-corrected chi connectivity index (χ3v) is 3.82. The number of hydrogen-bond acceptors (Lipinski definition) is 4. The van der Waals surface area contributed by atoms with E-state index in [9.17, 15) is 14.4 Å². The Morgan fingerprint density at radius 2 is 2.00 bits per heavy atom. The fourth-order valence-corrected chi connectivity index (χ4v) is 2.61. The molecule has 2 amide bonds. The van der Waals surface area contributed by atoms with Gasteiger partial charge in [0, 0.05) is 26.3 Å². The Labute approximate surface area is 132 Å². The van der Waals surface area contributed by atoms with Crippen LogP contribution in [0.5, 0.6) is 0 Å². The van der Waals surface area contributed by atoms with E-state index in [1.165, 1.54) is 29.2 Å². The molecule has 0 radical (unpaired) electrons. The molecule has 1 fully saturated rings. The number of carbonyl (C=O) groups excluding carboxylic acids is 2. The highest BCUT2D eigenvalue weighted by Gasteiger charge is 2.21. The lowest BCUT2D eigenvalue weighted by atomic mass is 10.2. The van der Waals surface area contributed by atoms with Gasteiger partial charge in [0.25, 0.3) is 17.4 Å². The van der Waals surface area contributed by atoms with Crippen LogP contribution in [0.3, 0.4) is 0 Å². The van der Waals surface area contributed by atoms with Gasteiger partial charge in [0.05, 0.1) is 11.8 Å². The molecular weight excluding hydrogens is 298 g/mol. The van der Waals surface area contributed by atoms with Crippen LogP contribution in [0.1, 0.15) is 33.8 Å². The molecule has 3 rings (SSSR count). The topological polar surface area (TPSA) is 84.6 Å². The van der Waals surface area contributed by atoms with Gasteiger partial charge in [0.2, 0.25) is 0 Å². The SMILES string of the molecule is Cn1cc(C(=O)N2CCCC2)cc(NC(=O)c2ccco2)c1=O. The van der Waals surface area contributed by atoms with Gasteiger partial charge in [-0.25, -0.2) is 0 Å². The molecule has 2 aromatic heterocycles. The maximum atomic E-state index is 12.5. The highest BCUT2D eigenvalue weighted by molar-refractivity contribution is 6.03. The highest BCUT2D eigenvalue weighted by atomic mass is 16.3. The maximum absolute atomic E-state index is 12.5. The Morgan fingerprint density at radius 1 is 1.26 bits per heavy atom. The number of anilines is 1. The van der Waals surface area contributed by atoms with Crippen molar-refractivity contribution in [2.24, 2.45) is 7.05 Å². The van der Waals surface area contributed by atoms with E-state index in [1.807, 2.05) is 0 Å². The second-order valence-corrected chi connectivity index (χ2v) is 5.49. The normalized spacial score (nSPS) is 14.0. The second kappa shape index (κ2) is 6.12. The Bertz CT molecular complexity index is 786. The van der Waals surface area contributed by atoms with Gasteiger partial charge in [-0.2, -0.15) is 0 Å². The summed E-state index contributed by atoms with van der Waals surface area (Å²) < 4.78 is 6.29. The Balaban J connectivity index is 1.89. The first-order chi connectivity index (χ1) is 11.1. The van der Waals surface area contributed by atoms with Crippen molar-refractivity contribution >= 4 is 17.5 Å². The summed E-state index contributed by atoms with van der Waals surface area (Å²) in [5.74, 6) is -0.562. The van der Waals surface area contributed by atoms with E-state index in [4.69, 9.17) is 4.42 Å². The van der Waals surface area contributed by atoms with E-state index in [1.54, 1.807) is 18.0 Å². The van der Waals surface area contributed by atoms with Crippen molar-refractivity contribution < 1.29 is 14.0 Å². The Morgan fingerprint density at radius 3 is 2.65 bits per heavy atom. The van der Waals surface area contributed by atoms with Crippen molar-refractivity contribution in [1.29, 1.82) is 0 Å². The predicted molar refractivity (Wildman–Crippen MR) is 83.5 cm³/mol. The summed E-state index contributed by atoms with van der Waals surface area (Å²) in [7, 11) is 1.55. The Hall–Kier alpha value is -2.83. The predicted octanol–water partition coefficient (Wildman–Crippen LogP) is 1.47. The van der Waals surface area contributed by atoms with Gasteiger partial charge in [-0.15, -0.1) is 0 Å². The molecule has 7 heteroatoms. The van der Waals surface area contributed by atoms with E-state index < -0.39 is 5.91 Å². The minimum absolute atomic E-state index is 0.0546. The monoisotopic (exact) mass is 315 g/mol. The molecule has 23 heavy (non-hydrogen) atoms. The first-order valence-electron chi connectivity index (χ1n) is 7.41. The number of rotatable bonds is 3. The fraction of sp³-hybridized carbons (Fsp3) is 0.312. The lowest BCUT2D eigenvalue weighted by Crippen LogP contribution is -2.30. The average Bonchev–Trinajstić information content (AvgIpc) is 3.23. The molecule has 120 valence electrons. The number of aryl methyl sites for hydroxylation is 1. The van der Waals surface area contributed by atoms with Gasteiger partial charge in [0.1, 0.15) is 5.69 Å². The number of nitrogens with one attached hydrogen (secondary N) is 1. The molecule has 0 saturated carbocycles. The molecule has 1 saturated heterocycles. The van der Waals surface area contributed by atoms with Crippen molar-refractivity contribution in [2.75, 3.05) is 18.4 Å². The quantitative estimate of drug-likeness (QED) is 0.929. The van der Waals surface area contributed by atoms with Crippen LogP contribution in [0.25, 0.3) is 0 Å². The van der Waals surface area contributed by atoms with Crippen LogP contribution in [0, 0.1) is 0 Å². The van der Waals surface area contributed by atoms with Gasteiger partial charge in [-0.3, -0.25) is 14.4 Å². The van der Waals surface area contributed by atoms with E-state index >= 15 is 0 Å². The molecule has 0 spiro atoms. The zero-order valence-corrected chi connectivity index (χ0v) is 12.7. The van der Waals surface area contributed by atoms with Crippen molar-refractivity contribution in [3.63, 3.8) is 0 Å². The van der Waals surface area contributed by atoms with Gasteiger partial charge in [-0.1, -0.05) is 0 Å². The molecule has 0 aromatic carbocycles. The van der Waals surface area contributed by atoms with E-state index in [0.29, 0.717) is 5.56 Å². The van der Waals surface area contributed by atoms with Crippen LogP contribution in [0.15, 0.2) is 39.9 Å². The van der Waals surface area contributed by atoms with Gasteiger partial charge in [-0.05, 0) is 31.0 Å². The number of hydrogen-bond donors (Lipinski definition) is 1. The van der Waals surface area contributed by atoms with Crippen LogP contribution in [-0.2, 0) is 7.05 Å². The van der Waals surface area contributed by atoms with Crippen LogP contribution < -0.4 is 10.9 Å². The zero-order valence-electron chi connectivity index (χ0n) is 12.7. The summed E-state index contributed by atoms with van der Waals surface area (Å²) in [5.41, 5.74) is 0.0468. The summed E-state index contributed by atoms with van der Waals surface area (Å²) in [6.45, 7) is 1.44. The summed E-state index contributed by atoms with van der Waals surface area (Å²) in [5, 5.41) is 2.50. The number of aromatic nitrogens is 1. The largest absolute Gasteiger partial charge is 0.459 e. The van der Waals surface area contributed by atoms with Crippen molar-refractivity contribution in [3.05, 3.63) is 52.3 Å². The van der Waals surface area contributed by atoms with Crippen molar-refractivity contribution in [2.45, 2.75) is 12.8 Å². The number of pyridine rings is 1. The lowest BCUT2D eigenvalue weighted by Gasteiger charge is -2.16. The van der Waals surface area contributed by atoms with Crippen molar-refractivity contribution in [3.8, 4) is 0 Å². The maximum Gasteiger partial charge on any atom is 0.291 e. The highest BCUT2D eigenvalue weighted by Crippen LogP contribution is 2.14. The summed E-state index contributed by atoms with van der Waals surface area (Å²) >= 11 is 0. The number of carbonyl (C=O) groups is 2. The average molecular weight is 315 g/mol. The molecule has 3 heterocycles. The van der Waals surface area contributed by atoms with Gasteiger partial charge in [0.15, 0.2) is 5.76 Å². The van der Waals surface area contributed by atoms with E-state index in [2.05, 4.69) is 5.32 Å². The minimum Gasteiger partial charge on any atom is -0.459 e. The minimum atomic E-state index is -0.530. The third kappa shape index (κ3) is 3.03. The fourth-order valence-electron chi connectivity index (χ4n) is 2.61. The molecule has 0 bridgehead atoms. The van der Waals surface area contributed by atoms with Crippen LogP contribution >= 0.6 is 0 Å². The molecule has 0 atom stereocenters. The lowest BCUT2D eigenvalue weighted by molar-refractivity contribution is 0.0791. The van der Waals surface area contributed by atoms with Gasteiger partial charge < -0.3 is 19.2 Å². The number of furan rings is 1. The molecule has 1 aliphatic rings. The van der Waals surface area contributed by atoms with Crippen LogP contribution in [-0.4, -0.2) is 34.4 Å². The molecule has 0 aliphatic carbocycles. The van der Waals surface area contributed by atoms with E-state index in [0.717, 1.165) is 25.9 Å². The summed E-state index contributed by atoms with van der Waals surface area (Å²) in [6.07, 6.45) is 4.84. The van der Waals surface area contributed by atoms with Crippen LogP contribution in [0.2, 0.25) is 0 Å². The molecule has 1 aliphatic heterocycles. The molecule has 0 unspecified atom stereocenters. The standard InChI is InChI=1S/C16H17N3O4/c1-18-10-11(15(21)19-6-2-3-7-19)9-12(16(18)22)17-14(20)13-5-4-8-23-13/h4-5,8-10H,2-3,6-7H2,1H3,(H,17,20). The number of amides is 2. The molecular formula is C16H17N3O4. The van der Waals surface area contributed by atoms with E-state index in [-0.39, 0.29) is 22.9 Å². The molecule has 1 N–H and O–H groups in total. The van der Waals surface area contributed by atoms with Gasteiger partial charge >= 0.3 is 0 Å². The number of likely N-dealkylation sites (tertiary alicyclic amines) is 1. The second-order valence-electron chi connectivity index (χ2n) is 5.49. The summed E-state index contributed by atoms with van der Waals surface area (Å²) in [4.78, 5) is 38.4. The van der Waals surface area contributed by atoms with Crippen molar-refractivity contribution in [1.82, 2.24) is 9.47 Å². The third-order valence-electron chi connectivity index (χ3n) is 3.82. The molecule has 2 aromatic rings. The van der Waals surface area contributed by atoms with Crippen LogP contribution in [0.4, 0.5) is 5.69 Å². The first-order valence-corrected chi connectivity index (χ1v) is 7.41. The smallest absolute Gasteiger partial charge is 0.291 e. The molecule has 7 nitrogen and oxygen atoms in total. The summed E-state index contributed by atoms with van der Waals surface area (Å²) in [6, 6.07) is 4.50. The zero-order chi connectivity index (χ0) is 16.4. The Kier molecular flexibility index (Phi) is 4.01.